The molecule has 0 aliphatic carbocycles. The molecule has 8 heteroatoms. The average Bonchev–Trinajstić information content (AvgIpc) is 3.46. The van der Waals surface area contributed by atoms with Crippen molar-refractivity contribution in [3.8, 4) is 16.3 Å². The molecule has 31 heavy (non-hydrogen) atoms. The van der Waals surface area contributed by atoms with Gasteiger partial charge in [0.2, 0.25) is 5.91 Å². The standard InChI is InChI=1S/C23H23N5O2S/c1-2-30-21-9-7-17(8-10-21)23-27-20(14-31-23)11-22(29)25-12-18-5-3-4-6-19(18)13-28-16-24-15-26-28/h3-10,14-16H,2,11-13H2,1H3,(H,25,29). The number of nitrogens with zero attached hydrogens (tertiary/aromatic N) is 4. The Kier molecular flexibility index (Phi) is 6.68. The molecule has 1 N–H and O–H groups in total. The van der Waals surface area contributed by atoms with E-state index in [0.29, 0.717) is 19.7 Å². The molecule has 2 aromatic heterocycles. The fourth-order valence-corrected chi connectivity index (χ4v) is 4.00. The van der Waals surface area contributed by atoms with Crippen molar-refractivity contribution >= 4 is 17.2 Å². The largest absolute Gasteiger partial charge is 0.494 e. The van der Waals surface area contributed by atoms with Crippen molar-refractivity contribution in [3.05, 3.63) is 83.4 Å². The van der Waals surface area contributed by atoms with Crippen molar-refractivity contribution in [2.75, 3.05) is 6.61 Å². The van der Waals surface area contributed by atoms with Gasteiger partial charge in [-0.3, -0.25) is 4.79 Å². The molecule has 0 unspecified atom stereocenters. The van der Waals surface area contributed by atoms with E-state index in [1.165, 1.54) is 17.7 Å². The highest BCUT2D eigenvalue weighted by Gasteiger charge is 2.10. The number of benzene rings is 2. The van der Waals surface area contributed by atoms with Crippen LogP contribution in [0.1, 0.15) is 23.7 Å². The molecule has 0 fully saturated rings. The zero-order valence-corrected chi connectivity index (χ0v) is 18.0. The van der Waals surface area contributed by atoms with Crippen molar-refractivity contribution in [2.24, 2.45) is 0 Å². The molecule has 0 bridgehead atoms. The SMILES string of the molecule is CCOc1ccc(-c2nc(CC(=O)NCc3ccccc3Cn3cncn3)cs2)cc1. The predicted molar refractivity (Wildman–Crippen MR) is 120 cm³/mol. The summed E-state index contributed by atoms with van der Waals surface area (Å²) >= 11 is 1.54. The van der Waals surface area contributed by atoms with Gasteiger partial charge in [-0.05, 0) is 42.3 Å². The van der Waals surface area contributed by atoms with Crippen LogP contribution in [0, 0.1) is 0 Å². The van der Waals surface area contributed by atoms with Gasteiger partial charge in [-0.1, -0.05) is 24.3 Å². The molecule has 0 atom stereocenters. The van der Waals surface area contributed by atoms with Crippen LogP contribution < -0.4 is 10.1 Å². The first-order valence-electron chi connectivity index (χ1n) is 10.0. The van der Waals surface area contributed by atoms with Crippen molar-refractivity contribution in [3.63, 3.8) is 0 Å². The van der Waals surface area contributed by atoms with Gasteiger partial charge < -0.3 is 10.1 Å². The van der Waals surface area contributed by atoms with Gasteiger partial charge >= 0.3 is 0 Å². The molecule has 0 radical (unpaired) electrons. The molecule has 0 saturated carbocycles. The number of ether oxygens (including phenoxy) is 1. The number of hydrogen-bond donors (Lipinski definition) is 1. The highest BCUT2D eigenvalue weighted by Crippen LogP contribution is 2.26. The van der Waals surface area contributed by atoms with Crippen molar-refractivity contribution in [1.29, 1.82) is 0 Å². The third kappa shape index (κ3) is 5.55. The zero-order chi connectivity index (χ0) is 21.5. The van der Waals surface area contributed by atoms with E-state index in [-0.39, 0.29) is 12.3 Å². The second-order valence-corrected chi connectivity index (χ2v) is 7.77. The number of carbonyl (C=O) groups is 1. The molecule has 0 saturated heterocycles. The van der Waals surface area contributed by atoms with Gasteiger partial charge in [-0.15, -0.1) is 11.3 Å². The fraction of sp³-hybridized carbons (Fsp3) is 0.217. The summed E-state index contributed by atoms with van der Waals surface area (Å²) in [5.74, 6) is 0.783. The van der Waals surface area contributed by atoms with E-state index in [0.717, 1.165) is 33.1 Å². The molecule has 4 aromatic rings. The maximum Gasteiger partial charge on any atom is 0.226 e. The van der Waals surface area contributed by atoms with E-state index in [4.69, 9.17) is 4.74 Å². The van der Waals surface area contributed by atoms with E-state index in [1.54, 1.807) is 11.0 Å². The number of aromatic nitrogens is 4. The summed E-state index contributed by atoms with van der Waals surface area (Å²) < 4.78 is 7.24. The first kappa shape index (κ1) is 20.7. The summed E-state index contributed by atoms with van der Waals surface area (Å²) in [5.41, 5.74) is 3.93. The third-order valence-corrected chi connectivity index (χ3v) is 5.64. The summed E-state index contributed by atoms with van der Waals surface area (Å²) in [5, 5.41) is 9.98. The van der Waals surface area contributed by atoms with Crippen LogP contribution in [0.3, 0.4) is 0 Å². The summed E-state index contributed by atoms with van der Waals surface area (Å²) in [4.78, 5) is 21.1. The van der Waals surface area contributed by atoms with Crippen molar-refractivity contribution in [2.45, 2.75) is 26.4 Å². The Morgan fingerprint density at radius 3 is 2.68 bits per heavy atom. The van der Waals surface area contributed by atoms with E-state index >= 15 is 0 Å². The Morgan fingerprint density at radius 1 is 1.13 bits per heavy atom. The first-order valence-corrected chi connectivity index (χ1v) is 10.9. The molecule has 2 aromatic carbocycles. The van der Waals surface area contributed by atoms with Crippen molar-refractivity contribution < 1.29 is 9.53 Å². The monoisotopic (exact) mass is 433 g/mol. The van der Waals surface area contributed by atoms with Gasteiger partial charge in [0.25, 0.3) is 0 Å². The van der Waals surface area contributed by atoms with Crippen LogP contribution >= 0.6 is 11.3 Å². The Balaban J connectivity index is 1.34. The quantitative estimate of drug-likeness (QED) is 0.435. The summed E-state index contributed by atoms with van der Waals surface area (Å²) in [6.45, 7) is 3.67. The Bertz CT molecular complexity index is 1120. The van der Waals surface area contributed by atoms with Crippen LogP contribution in [0.25, 0.3) is 10.6 Å². The lowest BCUT2D eigenvalue weighted by atomic mass is 10.1. The van der Waals surface area contributed by atoms with Crippen LogP contribution in [0.15, 0.2) is 66.6 Å². The van der Waals surface area contributed by atoms with Crippen molar-refractivity contribution in [1.82, 2.24) is 25.1 Å². The maximum absolute atomic E-state index is 12.5. The normalized spacial score (nSPS) is 10.7. The Morgan fingerprint density at radius 2 is 1.94 bits per heavy atom. The lowest BCUT2D eigenvalue weighted by molar-refractivity contribution is -0.120. The third-order valence-electron chi connectivity index (χ3n) is 4.70. The van der Waals surface area contributed by atoms with Gasteiger partial charge in [-0.25, -0.2) is 14.6 Å². The first-order chi connectivity index (χ1) is 15.2. The summed E-state index contributed by atoms with van der Waals surface area (Å²) in [6, 6.07) is 15.8. The Hall–Kier alpha value is -3.52. The van der Waals surface area contributed by atoms with Crippen LogP contribution in [-0.4, -0.2) is 32.3 Å². The number of thiazole rings is 1. The van der Waals surface area contributed by atoms with E-state index in [1.807, 2.05) is 60.8 Å². The van der Waals surface area contributed by atoms with E-state index < -0.39 is 0 Å². The molecule has 0 aliphatic heterocycles. The van der Waals surface area contributed by atoms with Gasteiger partial charge in [0.15, 0.2) is 0 Å². The molecule has 2 heterocycles. The van der Waals surface area contributed by atoms with Gasteiger partial charge in [-0.2, -0.15) is 5.10 Å². The van der Waals surface area contributed by atoms with Crippen LogP contribution in [0.4, 0.5) is 0 Å². The molecule has 0 spiro atoms. The minimum atomic E-state index is -0.0564. The minimum Gasteiger partial charge on any atom is -0.494 e. The topological polar surface area (TPSA) is 81.9 Å². The lowest BCUT2D eigenvalue weighted by Gasteiger charge is -2.10. The Labute approximate surface area is 184 Å². The molecular formula is C23H23N5O2S. The molecule has 158 valence electrons. The lowest BCUT2D eigenvalue weighted by Crippen LogP contribution is -2.25. The van der Waals surface area contributed by atoms with Gasteiger partial charge in [0, 0.05) is 17.5 Å². The van der Waals surface area contributed by atoms with Crippen LogP contribution in [-0.2, 0) is 24.3 Å². The smallest absolute Gasteiger partial charge is 0.226 e. The second kappa shape index (κ2) is 9.99. The van der Waals surface area contributed by atoms with E-state index in [2.05, 4.69) is 20.4 Å². The van der Waals surface area contributed by atoms with Crippen LogP contribution in [0.2, 0.25) is 0 Å². The van der Waals surface area contributed by atoms with E-state index in [9.17, 15) is 4.79 Å². The average molecular weight is 434 g/mol. The highest BCUT2D eigenvalue weighted by atomic mass is 32.1. The fourth-order valence-electron chi connectivity index (χ4n) is 3.18. The molecule has 0 aliphatic rings. The molecular weight excluding hydrogens is 410 g/mol. The van der Waals surface area contributed by atoms with Gasteiger partial charge in [0.05, 0.1) is 25.3 Å². The number of nitrogens with one attached hydrogen (secondary N) is 1. The predicted octanol–water partition coefficient (Wildman–Crippen LogP) is 3.71. The number of hydrogen-bond acceptors (Lipinski definition) is 6. The number of carbonyl (C=O) groups excluding carboxylic acids is 1. The summed E-state index contributed by atoms with van der Waals surface area (Å²) in [6.07, 6.45) is 3.44. The highest BCUT2D eigenvalue weighted by molar-refractivity contribution is 7.13. The molecule has 7 nitrogen and oxygen atoms in total. The minimum absolute atomic E-state index is 0.0564. The van der Waals surface area contributed by atoms with Crippen LogP contribution in [0.5, 0.6) is 5.75 Å². The molecule has 4 rings (SSSR count). The second-order valence-electron chi connectivity index (χ2n) is 6.92. The number of rotatable bonds is 9. The zero-order valence-electron chi connectivity index (χ0n) is 17.2. The molecule has 1 amide bonds. The van der Waals surface area contributed by atoms with Gasteiger partial charge in [0.1, 0.15) is 23.4 Å². The maximum atomic E-state index is 12.5. The number of amides is 1. The summed E-state index contributed by atoms with van der Waals surface area (Å²) in [7, 11) is 0.